The molecular formula is C14H14N4O2. The van der Waals surface area contributed by atoms with Crippen LogP contribution in [0.25, 0.3) is 10.9 Å². The van der Waals surface area contributed by atoms with Gasteiger partial charge in [0.25, 0.3) is 5.69 Å². The number of benzene rings is 1. The molecule has 0 atom stereocenters. The van der Waals surface area contributed by atoms with Crippen molar-refractivity contribution in [2.75, 3.05) is 0 Å². The zero-order valence-corrected chi connectivity index (χ0v) is 11.1. The number of nitro groups is 1. The summed E-state index contributed by atoms with van der Waals surface area (Å²) < 4.78 is 4.01. The third kappa shape index (κ3) is 2.16. The Hall–Kier alpha value is -2.63. The average Bonchev–Trinajstić information content (AvgIpc) is 3.02. The molecule has 1 aromatic carbocycles. The molecule has 0 fully saturated rings. The summed E-state index contributed by atoms with van der Waals surface area (Å²) in [5, 5.41) is 11.9. The van der Waals surface area contributed by atoms with Crippen LogP contribution in [0, 0.1) is 10.1 Å². The first kappa shape index (κ1) is 12.4. The van der Waals surface area contributed by atoms with Gasteiger partial charge in [0.2, 0.25) is 0 Å². The highest BCUT2D eigenvalue weighted by molar-refractivity contribution is 5.82. The molecule has 0 aliphatic carbocycles. The van der Waals surface area contributed by atoms with Gasteiger partial charge in [0.05, 0.1) is 10.4 Å². The van der Waals surface area contributed by atoms with Crippen LogP contribution in [0.1, 0.15) is 5.82 Å². The number of non-ortho nitro benzene ring substituents is 1. The number of aryl methyl sites for hydroxylation is 3. The fraction of sp³-hybridized carbons (Fsp3) is 0.214. The maximum absolute atomic E-state index is 10.9. The molecule has 3 aromatic rings. The zero-order valence-electron chi connectivity index (χ0n) is 11.1. The largest absolute Gasteiger partial charge is 0.347 e. The van der Waals surface area contributed by atoms with Gasteiger partial charge < -0.3 is 9.13 Å². The Bertz CT molecular complexity index is 772. The van der Waals surface area contributed by atoms with E-state index in [4.69, 9.17) is 0 Å². The van der Waals surface area contributed by atoms with Crippen LogP contribution in [-0.2, 0) is 20.0 Å². The summed E-state index contributed by atoms with van der Waals surface area (Å²) in [6.07, 6.45) is 6.43. The molecule has 0 aliphatic heterocycles. The Kier molecular flexibility index (Phi) is 2.98. The number of rotatable bonds is 4. The number of fused-ring (bicyclic) bond motifs is 1. The molecule has 102 valence electrons. The molecule has 0 aliphatic rings. The van der Waals surface area contributed by atoms with Crippen LogP contribution in [0.3, 0.4) is 0 Å². The Labute approximate surface area is 115 Å². The number of hydrogen-bond donors (Lipinski definition) is 0. The molecule has 0 saturated heterocycles. The van der Waals surface area contributed by atoms with Crippen molar-refractivity contribution in [1.29, 1.82) is 0 Å². The van der Waals surface area contributed by atoms with E-state index in [2.05, 4.69) is 4.98 Å². The van der Waals surface area contributed by atoms with E-state index >= 15 is 0 Å². The summed E-state index contributed by atoms with van der Waals surface area (Å²) in [5.41, 5.74) is 1.00. The summed E-state index contributed by atoms with van der Waals surface area (Å²) in [4.78, 5) is 14.8. The van der Waals surface area contributed by atoms with Crippen LogP contribution in [-0.4, -0.2) is 19.0 Å². The van der Waals surface area contributed by atoms with Crippen molar-refractivity contribution in [3.8, 4) is 0 Å². The molecule has 0 unspecified atom stereocenters. The lowest BCUT2D eigenvalue weighted by Crippen LogP contribution is -2.04. The van der Waals surface area contributed by atoms with Crippen molar-refractivity contribution in [1.82, 2.24) is 14.1 Å². The molecule has 2 aromatic heterocycles. The molecule has 0 bridgehead atoms. The fourth-order valence-electron chi connectivity index (χ4n) is 2.34. The summed E-state index contributed by atoms with van der Waals surface area (Å²) in [6, 6.07) is 6.90. The SMILES string of the molecule is Cn1ccnc1CCn1ccc2ccc([N+](=O)[O-])cc21. The van der Waals surface area contributed by atoms with Gasteiger partial charge in [0.1, 0.15) is 5.82 Å². The minimum Gasteiger partial charge on any atom is -0.347 e. The number of aromatic nitrogens is 3. The van der Waals surface area contributed by atoms with Crippen LogP contribution in [0.5, 0.6) is 0 Å². The summed E-state index contributed by atoms with van der Waals surface area (Å²) >= 11 is 0. The smallest absolute Gasteiger partial charge is 0.271 e. The molecule has 0 radical (unpaired) electrons. The minimum absolute atomic E-state index is 0.120. The summed E-state index contributed by atoms with van der Waals surface area (Å²) in [7, 11) is 1.96. The first-order valence-corrected chi connectivity index (χ1v) is 6.34. The van der Waals surface area contributed by atoms with Crippen LogP contribution in [0.15, 0.2) is 42.9 Å². The van der Waals surface area contributed by atoms with Crippen LogP contribution in [0.2, 0.25) is 0 Å². The predicted molar refractivity (Wildman–Crippen MR) is 75.5 cm³/mol. The molecule has 2 heterocycles. The standard InChI is InChI=1S/C14H14N4O2/c1-16-9-6-15-14(16)5-8-17-7-4-11-2-3-12(18(19)20)10-13(11)17/h2-4,6-7,9-10H,5,8H2,1H3. The van der Waals surface area contributed by atoms with E-state index in [1.165, 1.54) is 6.07 Å². The number of nitrogens with zero attached hydrogens (tertiary/aromatic N) is 4. The normalized spacial score (nSPS) is 11.1. The Morgan fingerprint density at radius 1 is 1.30 bits per heavy atom. The third-order valence-corrected chi connectivity index (χ3v) is 3.47. The highest BCUT2D eigenvalue weighted by Gasteiger charge is 2.09. The van der Waals surface area contributed by atoms with Crippen molar-refractivity contribution in [3.63, 3.8) is 0 Å². The van der Waals surface area contributed by atoms with E-state index in [9.17, 15) is 10.1 Å². The maximum Gasteiger partial charge on any atom is 0.271 e. The summed E-state index contributed by atoms with van der Waals surface area (Å²) in [6.45, 7) is 0.746. The predicted octanol–water partition coefficient (Wildman–Crippen LogP) is 2.53. The maximum atomic E-state index is 10.9. The van der Waals surface area contributed by atoms with Crippen molar-refractivity contribution < 1.29 is 4.92 Å². The van der Waals surface area contributed by atoms with Gasteiger partial charge in [-0.1, -0.05) is 0 Å². The Balaban J connectivity index is 1.89. The molecule has 6 heteroatoms. The van der Waals surface area contributed by atoms with E-state index in [-0.39, 0.29) is 10.6 Å². The molecule has 0 N–H and O–H groups in total. The van der Waals surface area contributed by atoms with E-state index in [1.54, 1.807) is 18.3 Å². The number of imidazole rings is 1. The highest BCUT2D eigenvalue weighted by atomic mass is 16.6. The second-order valence-electron chi connectivity index (χ2n) is 4.71. The van der Waals surface area contributed by atoms with Gasteiger partial charge in [-0.2, -0.15) is 0 Å². The molecule has 20 heavy (non-hydrogen) atoms. The quantitative estimate of drug-likeness (QED) is 0.540. The first-order chi connectivity index (χ1) is 9.65. The lowest BCUT2D eigenvalue weighted by molar-refractivity contribution is -0.384. The highest BCUT2D eigenvalue weighted by Crippen LogP contribution is 2.22. The molecule has 0 amide bonds. The molecule has 0 saturated carbocycles. The second kappa shape index (κ2) is 4.80. The van der Waals surface area contributed by atoms with Crippen molar-refractivity contribution >= 4 is 16.6 Å². The monoisotopic (exact) mass is 270 g/mol. The van der Waals surface area contributed by atoms with Gasteiger partial charge in [0, 0.05) is 56.1 Å². The lowest BCUT2D eigenvalue weighted by Gasteiger charge is -2.05. The average molecular weight is 270 g/mol. The molecule has 0 spiro atoms. The van der Waals surface area contributed by atoms with Gasteiger partial charge in [-0.15, -0.1) is 0 Å². The zero-order chi connectivity index (χ0) is 14.1. The van der Waals surface area contributed by atoms with Gasteiger partial charge in [-0.25, -0.2) is 4.98 Å². The van der Waals surface area contributed by atoms with E-state index in [1.807, 2.05) is 34.6 Å². The summed E-state index contributed by atoms with van der Waals surface area (Å²) in [5.74, 6) is 0.997. The van der Waals surface area contributed by atoms with E-state index < -0.39 is 0 Å². The van der Waals surface area contributed by atoms with E-state index in [0.29, 0.717) is 0 Å². The van der Waals surface area contributed by atoms with Gasteiger partial charge in [-0.05, 0) is 12.1 Å². The molecule has 3 rings (SSSR count). The van der Waals surface area contributed by atoms with Gasteiger partial charge in [0.15, 0.2) is 0 Å². The third-order valence-electron chi connectivity index (χ3n) is 3.47. The Morgan fingerprint density at radius 2 is 2.15 bits per heavy atom. The number of nitro benzene ring substituents is 1. The molecular weight excluding hydrogens is 256 g/mol. The second-order valence-corrected chi connectivity index (χ2v) is 4.71. The fourth-order valence-corrected chi connectivity index (χ4v) is 2.34. The van der Waals surface area contributed by atoms with Crippen molar-refractivity contribution in [2.24, 2.45) is 7.05 Å². The first-order valence-electron chi connectivity index (χ1n) is 6.34. The number of hydrogen-bond acceptors (Lipinski definition) is 3. The lowest BCUT2D eigenvalue weighted by atomic mass is 10.2. The van der Waals surface area contributed by atoms with Crippen molar-refractivity contribution in [2.45, 2.75) is 13.0 Å². The van der Waals surface area contributed by atoms with Gasteiger partial charge in [-0.3, -0.25) is 10.1 Å². The van der Waals surface area contributed by atoms with E-state index in [0.717, 1.165) is 29.7 Å². The van der Waals surface area contributed by atoms with Crippen LogP contribution in [0.4, 0.5) is 5.69 Å². The van der Waals surface area contributed by atoms with Crippen LogP contribution >= 0.6 is 0 Å². The van der Waals surface area contributed by atoms with Crippen LogP contribution < -0.4 is 0 Å². The molecule has 6 nitrogen and oxygen atoms in total. The van der Waals surface area contributed by atoms with Crippen molar-refractivity contribution in [3.05, 3.63) is 58.8 Å². The topological polar surface area (TPSA) is 65.9 Å². The minimum atomic E-state index is -0.366. The van der Waals surface area contributed by atoms with Gasteiger partial charge >= 0.3 is 0 Å². The Morgan fingerprint density at radius 3 is 2.85 bits per heavy atom.